The highest BCUT2D eigenvalue weighted by molar-refractivity contribution is 6.30. The lowest BCUT2D eigenvalue weighted by Crippen LogP contribution is -2.51. The molecule has 1 heterocycles. The highest BCUT2D eigenvalue weighted by Crippen LogP contribution is 2.20. The molecule has 1 N–H and O–H groups in total. The van der Waals surface area contributed by atoms with Crippen LogP contribution in [0.5, 0.6) is 0 Å². The zero-order valence-electron chi connectivity index (χ0n) is 14.8. The third kappa shape index (κ3) is 4.54. The molecule has 1 amide bonds. The van der Waals surface area contributed by atoms with Crippen LogP contribution in [0.3, 0.4) is 0 Å². The minimum absolute atomic E-state index is 0.0657. The first-order valence-corrected chi connectivity index (χ1v) is 9.18. The van der Waals surface area contributed by atoms with Gasteiger partial charge in [-0.15, -0.1) is 0 Å². The number of benzene rings is 2. The van der Waals surface area contributed by atoms with E-state index in [9.17, 15) is 9.18 Å². The van der Waals surface area contributed by atoms with E-state index in [1.54, 1.807) is 12.1 Å². The van der Waals surface area contributed by atoms with Gasteiger partial charge in [-0.2, -0.15) is 0 Å². The minimum atomic E-state index is -0.217. The second kappa shape index (κ2) is 8.52. The van der Waals surface area contributed by atoms with E-state index in [0.717, 1.165) is 5.56 Å². The third-order valence-corrected chi connectivity index (χ3v) is 5.01. The molecule has 26 heavy (non-hydrogen) atoms. The largest absolute Gasteiger partial charge is 0.366 e. The van der Waals surface area contributed by atoms with E-state index in [2.05, 4.69) is 5.32 Å². The van der Waals surface area contributed by atoms with Crippen LogP contribution in [-0.2, 0) is 4.79 Å². The Bertz CT molecular complexity index is 745. The van der Waals surface area contributed by atoms with Gasteiger partial charge in [0.1, 0.15) is 5.82 Å². The molecule has 0 spiro atoms. The van der Waals surface area contributed by atoms with Gasteiger partial charge in [-0.05, 0) is 36.8 Å². The lowest BCUT2D eigenvalue weighted by molar-refractivity contribution is -0.130. The number of amides is 1. The van der Waals surface area contributed by atoms with Gasteiger partial charge >= 0.3 is 0 Å². The number of nitrogens with one attached hydrogen (secondary N) is 1. The standard InChI is InChI=1S/C20H23ClFN3O/c1-15(16-6-8-17(21)9-7-16)23-14-20(26)25-12-10-24(11-13-25)19-5-3-2-4-18(19)22/h2-9,15,23H,10-14H2,1H3/t15-/m0/s1. The van der Waals surface area contributed by atoms with Gasteiger partial charge in [0.15, 0.2) is 0 Å². The average Bonchev–Trinajstić information content (AvgIpc) is 2.67. The molecule has 0 bridgehead atoms. The zero-order chi connectivity index (χ0) is 18.5. The molecule has 2 aromatic carbocycles. The smallest absolute Gasteiger partial charge is 0.236 e. The molecule has 0 radical (unpaired) electrons. The monoisotopic (exact) mass is 375 g/mol. The van der Waals surface area contributed by atoms with Crippen molar-refractivity contribution < 1.29 is 9.18 Å². The molecule has 1 aliphatic rings. The van der Waals surface area contributed by atoms with E-state index in [-0.39, 0.29) is 24.3 Å². The summed E-state index contributed by atoms with van der Waals surface area (Å²) in [5, 5.41) is 3.96. The first-order valence-electron chi connectivity index (χ1n) is 8.80. The number of nitrogens with zero attached hydrogens (tertiary/aromatic N) is 2. The fraction of sp³-hybridized carbons (Fsp3) is 0.350. The maximum atomic E-state index is 13.9. The SMILES string of the molecule is C[C@H](NCC(=O)N1CCN(c2ccccc2F)CC1)c1ccc(Cl)cc1. The van der Waals surface area contributed by atoms with Crippen LogP contribution in [0.1, 0.15) is 18.5 Å². The molecular formula is C20H23ClFN3O. The Labute approximate surface area is 158 Å². The predicted octanol–water partition coefficient (Wildman–Crippen LogP) is 3.48. The van der Waals surface area contributed by atoms with Crippen LogP contribution in [0.2, 0.25) is 5.02 Å². The van der Waals surface area contributed by atoms with Gasteiger partial charge in [0.05, 0.1) is 12.2 Å². The quantitative estimate of drug-likeness (QED) is 0.869. The number of halogens is 2. The molecule has 138 valence electrons. The minimum Gasteiger partial charge on any atom is -0.366 e. The number of para-hydroxylation sites is 1. The molecular weight excluding hydrogens is 353 g/mol. The first kappa shape index (κ1) is 18.7. The number of hydrogen-bond acceptors (Lipinski definition) is 3. The van der Waals surface area contributed by atoms with E-state index >= 15 is 0 Å². The van der Waals surface area contributed by atoms with Gasteiger partial charge in [0.2, 0.25) is 5.91 Å². The Morgan fingerprint density at radius 3 is 2.42 bits per heavy atom. The van der Waals surface area contributed by atoms with Gasteiger partial charge in [0, 0.05) is 37.2 Å². The average molecular weight is 376 g/mol. The zero-order valence-corrected chi connectivity index (χ0v) is 15.5. The van der Waals surface area contributed by atoms with Gasteiger partial charge in [-0.3, -0.25) is 4.79 Å². The van der Waals surface area contributed by atoms with Crippen LogP contribution in [0, 0.1) is 5.82 Å². The van der Waals surface area contributed by atoms with Crippen molar-refractivity contribution in [3.8, 4) is 0 Å². The number of rotatable bonds is 5. The summed E-state index contributed by atoms with van der Waals surface area (Å²) in [4.78, 5) is 16.3. The molecule has 2 aromatic rings. The molecule has 0 aliphatic carbocycles. The van der Waals surface area contributed by atoms with E-state index in [1.807, 2.05) is 47.1 Å². The highest BCUT2D eigenvalue weighted by Gasteiger charge is 2.22. The maximum Gasteiger partial charge on any atom is 0.236 e. The van der Waals surface area contributed by atoms with E-state index in [0.29, 0.717) is 36.9 Å². The summed E-state index contributed by atoms with van der Waals surface area (Å²) < 4.78 is 13.9. The van der Waals surface area contributed by atoms with Crippen LogP contribution < -0.4 is 10.2 Å². The lowest BCUT2D eigenvalue weighted by atomic mass is 10.1. The third-order valence-electron chi connectivity index (χ3n) is 4.75. The van der Waals surface area contributed by atoms with Crippen molar-refractivity contribution in [2.75, 3.05) is 37.6 Å². The molecule has 6 heteroatoms. The molecule has 1 saturated heterocycles. The predicted molar refractivity (Wildman–Crippen MR) is 103 cm³/mol. The molecule has 0 aromatic heterocycles. The molecule has 4 nitrogen and oxygen atoms in total. The van der Waals surface area contributed by atoms with Gasteiger partial charge in [-0.25, -0.2) is 4.39 Å². The van der Waals surface area contributed by atoms with Crippen LogP contribution in [-0.4, -0.2) is 43.5 Å². The van der Waals surface area contributed by atoms with Crippen LogP contribution >= 0.6 is 11.6 Å². The fourth-order valence-corrected chi connectivity index (χ4v) is 3.25. The Hall–Kier alpha value is -2.11. The van der Waals surface area contributed by atoms with Crippen LogP contribution in [0.15, 0.2) is 48.5 Å². The van der Waals surface area contributed by atoms with Crippen molar-refractivity contribution in [3.63, 3.8) is 0 Å². The van der Waals surface area contributed by atoms with Crippen molar-refractivity contribution in [2.24, 2.45) is 0 Å². The Kier molecular flexibility index (Phi) is 6.12. The first-order chi connectivity index (χ1) is 12.5. The number of carbonyl (C=O) groups is 1. The summed E-state index contributed by atoms with van der Waals surface area (Å²) in [5.41, 5.74) is 1.70. The van der Waals surface area contributed by atoms with Crippen LogP contribution in [0.25, 0.3) is 0 Å². The van der Waals surface area contributed by atoms with E-state index in [1.165, 1.54) is 6.07 Å². The summed E-state index contributed by atoms with van der Waals surface area (Å²) in [5.74, 6) is -0.148. The summed E-state index contributed by atoms with van der Waals surface area (Å²) in [6.07, 6.45) is 0. The van der Waals surface area contributed by atoms with Crippen molar-refractivity contribution in [3.05, 3.63) is 64.9 Å². The van der Waals surface area contributed by atoms with Crippen molar-refractivity contribution >= 4 is 23.2 Å². The second-order valence-electron chi connectivity index (χ2n) is 6.47. The topological polar surface area (TPSA) is 35.6 Å². The summed E-state index contributed by atoms with van der Waals surface area (Å²) in [7, 11) is 0. The number of piperazine rings is 1. The Balaban J connectivity index is 1.48. The summed E-state index contributed by atoms with van der Waals surface area (Å²) in [6.45, 7) is 4.78. The van der Waals surface area contributed by atoms with Crippen molar-refractivity contribution in [2.45, 2.75) is 13.0 Å². The van der Waals surface area contributed by atoms with E-state index in [4.69, 9.17) is 11.6 Å². The number of carbonyl (C=O) groups excluding carboxylic acids is 1. The maximum absolute atomic E-state index is 13.9. The number of anilines is 1. The highest BCUT2D eigenvalue weighted by atomic mass is 35.5. The normalized spacial score (nSPS) is 15.8. The van der Waals surface area contributed by atoms with E-state index < -0.39 is 0 Å². The molecule has 1 aliphatic heterocycles. The van der Waals surface area contributed by atoms with Gasteiger partial charge < -0.3 is 15.1 Å². The summed E-state index contributed by atoms with van der Waals surface area (Å²) in [6, 6.07) is 14.4. The van der Waals surface area contributed by atoms with Crippen LogP contribution in [0.4, 0.5) is 10.1 Å². The molecule has 1 fully saturated rings. The molecule has 3 rings (SSSR count). The Morgan fingerprint density at radius 2 is 1.77 bits per heavy atom. The van der Waals surface area contributed by atoms with Crippen molar-refractivity contribution in [1.82, 2.24) is 10.2 Å². The second-order valence-corrected chi connectivity index (χ2v) is 6.91. The molecule has 0 saturated carbocycles. The summed E-state index contributed by atoms with van der Waals surface area (Å²) >= 11 is 5.90. The molecule has 0 unspecified atom stereocenters. The molecule has 1 atom stereocenters. The fourth-order valence-electron chi connectivity index (χ4n) is 3.13. The van der Waals surface area contributed by atoms with Gasteiger partial charge in [-0.1, -0.05) is 35.9 Å². The van der Waals surface area contributed by atoms with Gasteiger partial charge in [0.25, 0.3) is 0 Å². The Morgan fingerprint density at radius 1 is 1.12 bits per heavy atom. The number of hydrogen-bond donors (Lipinski definition) is 1. The lowest BCUT2D eigenvalue weighted by Gasteiger charge is -2.36. The van der Waals surface area contributed by atoms with Crippen molar-refractivity contribution in [1.29, 1.82) is 0 Å².